The lowest BCUT2D eigenvalue weighted by molar-refractivity contribution is -0.119. The SMILES string of the molecule is CC(=O)CCC1=CC(C)=NC2C1C(=O)C=C(Nc1ccccc1)N2c1ccccc1. The Bertz CT molecular complexity index is 1040. The summed E-state index contributed by atoms with van der Waals surface area (Å²) in [6.07, 6.45) is 4.25. The predicted octanol–water partition coefficient (Wildman–Crippen LogP) is 4.74. The summed E-state index contributed by atoms with van der Waals surface area (Å²) in [4.78, 5) is 31.8. The zero-order valence-electron chi connectivity index (χ0n) is 17.2. The first-order chi connectivity index (χ1) is 14.5. The fourth-order valence-electron chi connectivity index (χ4n) is 4.04. The van der Waals surface area contributed by atoms with Crippen LogP contribution in [0, 0.1) is 5.92 Å². The molecule has 152 valence electrons. The summed E-state index contributed by atoms with van der Waals surface area (Å²) in [5, 5.41) is 3.40. The minimum Gasteiger partial charge on any atom is -0.341 e. The monoisotopic (exact) mass is 399 g/mol. The number of ketones is 2. The fraction of sp³-hybridized carbons (Fsp3) is 0.240. The van der Waals surface area contributed by atoms with Crippen LogP contribution in [0.5, 0.6) is 0 Å². The van der Waals surface area contributed by atoms with Crippen LogP contribution in [0.15, 0.2) is 89.2 Å². The minimum absolute atomic E-state index is 0.0108. The summed E-state index contributed by atoms with van der Waals surface area (Å²) in [6, 6.07) is 19.8. The molecule has 0 saturated heterocycles. The van der Waals surface area contributed by atoms with E-state index in [0.29, 0.717) is 18.7 Å². The van der Waals surface area contributed by atoms with Crippen LogP contribution in [-0.2, 0) is 9.59 Å². The Morgan fingerprint density at radius 2 is 1.70 bits per heavy atom. The van der Waals surface area contributed by atoms with Crippen molar-refractivity contribution in [2.24, 2.45) is 10.9 Å². The number of nitrogens with zero attached hydrogens (tertiary/aromatic N) is 2. The van der Waals surface area contributed by atoms with Gasteiger partial charge in [0.2, 0.25) is 0 Å². The van der Waals surface area contributed by atoms with Crippen LogP contribution >= 0.6 is 0 Å². The van der Waals surface area contributed by atoms with Crippen molar-refractivity contribution in [1.82, 2.24) is 0 Å². The molecule has 5 nitrogen and oxygen atoms in total. The number of rotatable bonds is 6. The normalized spacial score (nSPS) is 20.7. The van der Waals surface area contributed by atoms with Gasteiger partial charge in [0.05, 0.1) is 5.92 Å². The lowest BCUT2D eigenvalue weighted by Crippen LogP contribution is -2.49. The van der Waals surface area contributed by atoms with Crippen molar-refractivity contribution >= 4 is 28.7 Å². The number of benzene rings is 2. The van der Waals surface area contributed by atoms with Crippen molar-refractivity contribution < 1.29 is 9.59 Å². The summed E-state index contributed by atoms with van der Waals surface area (Å²) in [5.41, 5.74) is 3.70. The fourth-order valence-corrected chi connectivity index (χ4v) is 4.04. The molecule has 0 aromatic heterocycles. The van der Waals surface area contributed by atoms with Gasteiger partial charge in [-0.3, -0.25) is 9.79 Å². The number of dihydropyridines is 1. The van der Waals surface area contributed by atoms with Crippen LogP contribution in [0.1, 0.15) is 26.7 Å². The Morgan fingerprint density at radius 1 is 1.03 bits per heavy atom. The van der Waals surface area contributed by atoms with Crippen LogP contribution in [0.3, 0.4) is 0 Å². The third-order valence-corrected chi connectivity index (χ3v) is 5.38. The molecule has 0 radical (unpaired) electrons. The third-order valence-electron chi connectivity index (χ3n) is 5.38. The molecule has 2 aromatic rings. The van der Waals surface area contributed by atoms with Crippen LogP contribution < -0.4 is 10.2 Å². The molecule has 1 N–H and O–H groups in total. The van der Waals surface area contributed by atoms with Gasteiger partial charge in [-0.2, -0.15) is 0 Å². The number of fused-ring (bicyclic) bond motifs is 1. The maximum absolute atomic E-state index is 13.2. The molecular formula is C25H25N3O2. The molecule has 0 spiro atoms. The highest BCUT2D eigenvalue weighted by molar-refractivity contribution is 6.03. The Kier molecular flexibility index (Phi) is 5.61. The van der Waals surface area contributed by atoms with Crippen LogP contribution in [0.25, 0.3) is 0 Å². The second-order valence-corrected chi connectivity index (χ2v) is 7.71. The van der Waals surface area contributed by atoms with E-state index in [2.05, 4.69) is 10.2 Å². The number of hydrogen-bond donors (Lipinski definition) is 1. The molecule has 2 atom stereocenters. The smallest absolute Gasteiger partial charge is 0.170 e. The van der Waals surface area contributed by atoms with Crippen LogP contribution in [-0.4, -0.2) is 23.4 Å². The van der Waals surface area contributed by atoms with Crippen molar-refractivity contribution in [1.29, 1.82) is 0 Å². The summed E-state index contributed by atoms with van der Waals surface area (Å²) in [5.74, 6) is 0.437. The average Bonchev–Trinajstić information content (AvgIpc) is 2.73. The molecule has 2 heterocycles. The first-order valence-electron chi connectivity index (χ1n) is 10.2. The van der Waals surface area contributed by atoms with Crippen molar-refractivity contribution in [2.75, 3.05) is 10.2 Å². The van der Waals surface area contributed by atoms with E-state index in [1.807, 2.05) is 73.7 Å². The van der Waals surface area contributed by atoms with E-state index in [-0.39, 0.29) is 17.7 Å². The van der Waals surface area contributed by atoms with E-state index in [9.17, 15) is 9.59 Å². The number of aliphatic imine (C=N–C) groups is 1. The quantitative estimate of drug-likeness (QED) is 0.762. The number of allylic oxidation sites excluding steroid dienone is 2. The Hall–Kier alpha value is -3.47. The second kappa shape index (κ2) is 8.49. The molecular weight excluding hydrogens is 374 g/mol. The maximum atomic E-state index is 13.2. The van der Waals surface area contributed by atoms with Crippen molar-refractivity contribution in [3.8, 4) is 0 Å². The van der Waals surface area contributed by atoms with Gasteiger partial charge in [-0.1, -0.05) is 42.0 Å². The van der Waals surface area contributed by atoms with E-state index in [0.717, 1.165) is 22.7 Å². The highest BCUT2D eigenvalue weighted by Gasteiger charge is 2.41. The van der Waals surface area contributed by atoms with E-state index in [1.165, 1.54) is 0 Å². The Morgan fingerprint density at radius 3 is 2.37 bits per heavy atom. The highest BCUT2D eigenvalue weighted by atomic mass is 16.1. The summed E-state index contributed by atoms with van der Waals surface area (Å²) in [7, 11) is 0. The molecule has 2 unspecified atom stereocenters. The highest BCUT2D eigenvalue weighted by Crippen LogP contribution is 2.38. The number of para-hydroxylation sites is 2. The van der Waals surface area contributed by atoms with Gasteiger partial charge in [0.25, 0.3) is 0 Å². The van der Waals surface area contributed by atoms with Gasteiger partial charge >= 0.3 is 0 Å². The molecule has 4 rings (SSSR count). The zero-order chi connectivity index (χ0) is 21.1. The molecule has 0 saturated carbocycles. The van der Waals surface area contributed by atoms with Gasteiger partial charge in [-0.05, 0) is 50.6 Å². The number of nitrogens with one attached hydrogen (secondary N) is 1. The molecule has 5 heteroatoms. The Labute approximate surface area is 176 Å². The van der Waals surface area contributed by atoms with Crippen LogP contribution in [0.4, 0.5) is 11.4 Å². The topological polar surface area (TPSA) is 61.8 Å². The average molecular weight is 399 g/mol. The number of Topliss-reactive ketones (excluding diaryl/α,β-unsaturated/α-hetero) is 1. The van der Waals surface area contributed by atoms with Crippen molar-refractivity contribution in [3.63, 3.8) is 0 Å². The molecule has 0 amide bonds. The summed E-state index contributed by atoms with van der Waals surface area (Å²) >= 11 is 0. The lowest BCUT2D eigenvalue weighted by Gasteiger charge is -2.42. The van der Waals surface area contributed by atoms with Crippen LogP contribution in [0.2, 0.25) is 0 Å². The summed E-state index contributed by atoms with van der Waals surface area (Å²) in [6.45, 7) is 3.53. The number of carbonyl (C=O) groups is 2. The molecule has 0 bridgehead atoms. The minimum atomic E-state index is -0.394. The third kappa shape index (κ3) is 4.10. The summed E-state index contributed by atoms with van der Waals surface area (Å²) < 4.78 is 0. The molecule has 2 aliphatic heterocycles. The Balaban J connectivity index is 1.77. The predicted molar refractivity (Wildman–Crippen MR) is 120 cm³/mol. The standard InChI is InChI=1S/C25H25N3O2/c1-17-15-19(14-13-18(2)29)24-22(30)16-23(27-20-9-5-3-6-10-20)28(25(24)26-17)21-11-7-4-8-12-21/h3-12,15-16,24-25,27H,13-14H2,1-2H3. The van der Waals surface area contributed by atoms with Gasteiger partial charge < -0.3 is 15.0 Å². The zero-order valence-corrected chi connectivity index (χ0v) is 17.2. The van der Waals surface area contributed by atoms with Gasteiger partial charge in [-0.25, -0.2) is 0 Å². The van der Waals surface area contributed by atoms with E-state index < -0.39 is 5.92 Å². The van der Waals surface area contributed by atoms with Crippen molar-refractivity contribution in [2.45, 2.75) is 32.9 Å². The number of anilines is 2. The first kappa shape index (κ1) is 19.8. The lowest BCUT2D eigenvalue weighted by atomic mass is 9.82. The number of hydrogen-bond acceptors (Lipinski definition) is 5. The van der Waals surface area contributed by atoms with E-state index in [4.69, 9.17) is 4.99 Å². The molecule has 0 fully saturated rings. The van der Waals surface area contributed by atoms with Crippen molar-refractivity contribution in [3.05, 3.63) is 84.2 Å². The largest absolute Gasteiger partial charge is 0.341 e. The van der Waals surface area contributed by atoms with Gasteiger partial charge in [0, 0.05) is 29.6 Å². The van der Waals surface area contributed by atoms with Gasteiger partial charge in [0.1, 0.15) is 17.8 Å². The molecule has 2 aliphatic rings. The molecule has 0 aliphatic carbocycles. The maximum Gasteiger partial charge on any atom is 0.170 e. The van der Waals surface area contributed by atoms with Gasteiger partial charge in [0.15, 0.2) is 5.78 Å². The number of carbonyl (C=O) groups excluding carboxylic acids is 2. The van der Waals surface area contributed by atoms with E-state index in [1.54, 1.807) is 13.0 Å². The molecule has 2 aromatic carbocycles. The second-order valence-electron chi connectivity index (χ2n) is 7.71. The molecule has 30 heavy (non-hydrogen) atoms. The van der Waals surface area contributed by atoms with Gasteiger partial charge in [-0.15, -0.1) is 0 Å². The van der Waals surface area contributed by atoms with E-state index >= 15 is 0 Å². The first-order valence-corrected chi connectivity index (χ1v) is 10.2.